The van der Waals surface area contributed by atoms with Crippen LogP contribution >= 0.6 is 0 Å². The van der Waals surface area contributed by atoms with Crippen molar-refractivity contribution in [2.24, 2.45) is 0 Å². The Morgan fingerprint density at radius 1 is 1.33 bits per heavy atom. The fourth-order valence-corrected chi connectivity index (χ4v) is 1.92. The molecule has 5 heteroatoms. The summed E-state index contributed by atoms with van der Waals surface area (Å²) in [6.45, 7) is 1.33. The number of nitrogens with zero attached hydrogens (tertiary/aromatic N) is 1. The van der Waals surface area contributed by atoms with Gasteiger partial charge < -0.3 is 15.5 Å². The number of carbonyl (C=O) groups is 2. The SMILES string of the molecule is CN(C(=O)CC1NCCNC1=O)c1ccccc1. The molecule has 2 N–H and O–H groups in total. The average Bonchev–Trinajstić information content (AvgIpc) is 2.41. The van der Waals surface area contributed by atoms with Crippen LogP contribution in [0.15, 0.2) is 30.3 Å². The number of benzene rings is 1. The molecule has 0 aliphatic carbocycles. The third-order valence-corrected chi connectivity index (χ3v) is 3.03. The average molecular weight is 247 g/mol. The van der Waals surface area contributed by atoms with Crippen LogP contribution in [-0.4, -0.2) is 38.0 Å². The van der Waals surface area contributed by atoms with Gasteiger partial charge in [-0.1, -0.05) is 18.2 Å². The van der Waals surface area contributed by atoms with Crippen molar-refractivity contribution in [2.45, 2.75) is 12.5 Å². The van der Waals surface area contributed by atoms with Gasteiger partial charge >= 0.3 is 0 Å². The number of anilines is 1. The maximum atomic E-state index is 12.1. The zero-order valence-electron chi connectivity index (χ0n) is 10.3. The van der Waals surface area contributed by atoms with Gasteiger partial charge in [0.1, 0.15) is 0 Å². The largest absolute Gasteiger partial charge is 0.353 e. The third kappa shape index (κ3) is 2.87. The van der Waals surface area contributed by atoms with E-state index in [2.05, 4.69) is 10.6 Å². The Kier molecular flexibility index (Phi) is 3.94. The van der Waals surface area contributed by atoms with Crippen molar-refractivity contribution in [1.82, 2.24) is 10.6 Å². The molecule has 1 saturated heterocycles. The van der Waals surface area contributed by atoms with Crippen molar-refractivity contribution in [1.29, 1.82) is 0 Å². The summed E-state index contributed by atoms with van der Waals surface area (Å²) in [5.74, 6) is -0.174. The Bertz CT molecular complexity index is 433. The molecular formula is C13H17N3O2. The minimum absolute atomic E-state index is 0.0734. The van der Waals surface area contributed by atoms with E-state index in [9.17, 15) is 9.59 Å². The van der Waals surface area contributed by atoms with E-state index in [1.165, 1.54) is 0 Å². The van der Waals surface area contributed by atoms with Crippen LogP contribution in [0.2, 0.25) is 0 Å². The summed E-state index contributed by atoms with van der Waals surface area (Å²) in [6.07, 6.45) is 0.178. The molecule has 1 aliphatic heterocycles. The quantitative estimate of drug-likeness (QED) is 0.798. The molecule has 1 fully saturated rings. The van der Waals surface area contributed by atoms with Crippen LogP contribution in [0.25, 0.3) is 0 Å². The summed E-state index contributed by atoms with van der Waals surface area (Å²) in [5, 5.41) is 5.79. The second-order valence-electron chi connectivity index (χ2n) is 4.29. The van der Waals surface area contributed by atoms with Crippen molar-refractivity contribution in [2.75, 3.05) is 25.0 Å². The van der Waals surface area contributed by atoms with E-state index in [-0.39, 0.29) is 18.2 Å². The first kappa shape index (κ1) is 12.6. The van der Waals surface area contributed by atoms with Gasteiger partial charge in [0.25, 0.3) is 0 Å². The molecule has 1 heterocycles. The molecule has 0 bridgehead atoms. The second kappa shape index (κ2) is 5.64. The standard InChI is InChI=1S/C13H17N3O2/c1-16(10-5-3-2-4-6-10)12(17)9-11-13(18)15-8-7-14-11/h2-6,11,14H,7-9H2,1H3,(H,15,18). The lowest BCUT2D eigenvalue weighted by Crippen LogP contribution is -2.54. The predicted octanol–water partition coefficient (Wildman–Crippen LogP) is 0.128. The van der Waals surface area contributed by atoms with E-state index in [0.717, 1.165) is 5.69 Å². The number of para-hydroxylation sites is 1. The van der Waals surface area contributed by atoms with E-state index < -0.39 is 6.04 Å². The summed E-state index contributed by atoms with van der Waals surface area (Å²) in [6, 6.07) is 8.98. The molecule has 1 aromatic rings. The van der Waals surface area contributed by atoms with Gasteiger partial charge in [-0.15, -0.1) is 0 Å². The molecule has 96 valence electrons. The molecule has 2 rings (SSSR count). The highest BCUT2D eigenvalue weighted by Crippen LogP contribution is 2.13. The summed E-state index contributed by atoms with van der Waals surface area (Å²) < 4.78 is 0. The van der Waals surface area contributed by atoms with Crippen molar-refractivity contribution in [3.8, 4) is 0 Å². The van der Waals surface area contributed by atoms with Gasteiger partial charge in [0.2, 0.25) is 11.8 Å². The van der Waals surface area contributed by atoms with Crippen molar-refractivity contribution in [3.63, 3.8) is 0 Å². The monoisotopic (exact) mass is 247 g/mol. The van der Waals surface area contributed by atoms with Crippen LogP contribution in [0.3, 0.4) is 0 Å². The first-order valence-corrected chi connectivity index (χ1v) is 6.01. The minimum Gasteiger partial charge on any atom is -0.353 e. The molecule has 1 atom stereocenters. The van der Waals surface area contributed by atoms with Crippen molar-refractivity contribution >= 4 is 17.5 Å². The number of hydrogen-bond acceptors (Lipinski definition) is 3. The number of rotatable bonds is 3. The summed E-state index contributed by atoms with van der Waals surface area (Å²) in [5.41, 5.74) is 0.832. The van der Waals surface area contributed by atoms with Gasteiger partial charge in [0.05, 0.1) is 12.5 Å². The van der Waals surface area contributed by atoms with Gasteiger partial charge in [-0.2, -0.15) is 0 Å². The lowest BCUT2D eigenvalue weighted by Gasteiger charge is -2.25. The highest BCUT2D eigenvalue weighted by Gasteiger charge is 2.25. The second-order valence-corrected chi connectivity index (χ2v) is 4.29. The molecule has 2 amide bonds. The Balaban J connectivity index is 1.97. The highest BCUT2D eigenvalue weighted by molar-refractivity contribution is 5.97. The van der Waals surface area contributed by atoms with Crippen LogP contribution in [0.5, 0.6) is 0 Å². The predicted molar refractivity (Wildman–Crippen MR) is 69.3 cm³/mol. The topological polar surface area (TPSA) is 61.4 Å². The summed E-state index contributed by atoms with van der Waals surface area (Å²) >= 11 is 0. The third-order valence-electron chi connectivity index (χ3n) is 3.03. The van der Waals surface area contributed by atoms with Gasteiger partial charge in [0.15, 0.2) is 0 Å². The highest BCUT2D eigenvalue weighted by atomic mass is 16.2. The van der Waals surface area contributed by atoms with Gasteiger partial charge in [-0.3, -0.25) is 9.59 Å². The molecule has 1 unspecified atom stereocenters. The minimum atomic E-state index is -0.419. The van der Waals surface area contributed by atoms with Crippen molar-refractivity contribution in [3.05, 3.63) is 30.3 Å². The molecule has 1 aliphatic rings. The lowest BCUT2D eigenvalue weighted by atomic mass is 10.1. The number of carbonyl (C=O) groups excluding carboxylic acids is 2. The van der Waals surface area contributed by atoms with E-state index in [1.54, 1.807) is 11.9 Å². The van der Waals surface area contributed by atoms with E-state index in [4.69, 9.17) is 0 Å². The first-order chi connectivity index (χ1) is 8.68. The number of amides is 2. The Morgan fingerprint density at radius 3 is 2.72 bits per heavy atom. The maximum absolute atomic E-state index is 12.1. The van der Waals surface area contributed by atoms with Gasteiger partial charge in [-0.25, -0.2) is 0 Å². The summed E-state index contributed by atoms with van der Waals surface area (Å²) in [7, 11) is 1.72. The molecule has 18 heavy (non-hydrogen) atoms. The number of hydrogen-bond donors (Lipinski definition) is 2. The number of piperazine rings is 1. The van der Waals surface area contributed by atoms with Crippen LogP contribution in [0.4, 0.5) is 5.69 Å². The molecular weight excluding hydrogens is 230 g/mol. The Labute approximate surface area is 106 Å². The zero-order chi connectivity index (χ0) is 13.0. The van der Waals surface area contributed by atoms with Crippen LogP contribution in [-0.2, 0) is 9.59 Å². The fourth-order valence-electron chi connectivity index (χ4n) is 1.92. The molecule has 0 saturated carbocycles. The first-order valence-electron chi connectivity index (χ1n) is 6.01. The number of nitrogens with one attached hydrogen (secondary N) is 2. The molecule has 0 radical (unpaired) electrons. The molecule has 0 aromatic heterocycles. The Hall–Kier alpha value is -1.88. The summed E-state index contributed by atoms with van der Waals surface area (Å²) in [4.78, 5) is 25.2. The van der Waals surface area contributed by atoms with Gasteiger partial charge in [0, 0.05) is 25.8 Å². The van der Waals surface area contributed by atoms with Crippen molar-refractivity contribution < 1.29 is 9.59 Å². The van der Waals surface area contributed by atoms with E-state index in [1.807, 2.05) is 30.3 Å². The zero-order valence-corrected chi connectivity index (χ0v) is 10.3. The molecule has 0 spiro atoms. The maximum Gasteiger partial charge on any atom is 0.237 e. The van der Waals surface area contributed by atoms with E-state index in [0.29, 0.717) is 13.1 Å². The normalized spacial score (nSPS) is 19.2. The lowest BCUT2D eigenvalue weighted by molar-refractivity contribution is -0.128. The molecule has 1 aromatic carbocycles. The van der Waals surface area contributed by atoms with Crippen LogP contribution in [0.1, 0.15) is 6.42 Å². The van der Waals surface area contributed by atoms with Gasteiger partial charge in [-0.05, 0) is 12.1 Å². The fraction of sp³-hybridized carbons (Fsp3) is 0.385. The van der Waals surface area contributed by atoms with E-state index >= 15 is 0 Å². The Morgan fingerprint density at radius 2 is 2.06 bits per heavy atom. The smallest absolute Gasteiger partial charge is 0.237 e. The molecule has 5 nitrogen and oxygen atoms in total. The van der Waals surface area contributed by atoms with Crippen LogP contribution < -0.4 is 15.5 Å². The van der Waals surface area contributed by atoms with Crippen LogP contribution in [0, 0.1) is 0 Å².